The lowest BCUT2D eigenvalue weighted by Crippen LogP contribution is -2.22. The van der Waals surface area contributed by atoms with Crippen molar-refractivity contribution in [3.05, 3.63) is 52.9 Å². The lowest BCUT2D eigenvalue weighted by molar-refractivity contribution is 0.406. The topological polar surface area (TPSA) is 61.9 Å². The van der Waals surface area contributed by atoms with E-state index >= 15 is 0 Å². The van der Waals surface area contributed by atoms with Crippen LogP contribution in [0.5, 0.6) is 0 Å². The third-order valence-electron chi connectivity index (χ3n) is 2.59. The second kappa shape index (κ2) is 4.82. The highest BCUT2D eigenvalue weighted by molar-refractivity contribution is 5.93. The molecule has 0 spiro atoms. The molecule has 0 atom stereocenters. The van der Waals surface area contributed by atoms with Crippen molar-refractivity contribution in [2.24, 2.45) is 0 Å². The molecule has 0 unspecified atom stereocenters. The fourth-order valence-corrected chi connectivity index (χ4v) is 1.56. The normalized spacial score (nSPS) is 10.2. The van der Waals surface area contributed by atoms with E-state index in [0.29, 0.717) is 12.3 Å². The molecule has 4 nitrogen and oxygen atoms in total. The smallest absolute Gasteiger partial charge is 0.201 e. The van der Waals surface area contributed by atoms with E-state index in [1.165, 1.54) is 11.1 Å². The van der Waals surface area contributed by atoms with E-state index in [9.17, 15) is 0 Å². The minimum atomic E-state index is 0.258. The minimum absolute atomic E-state index is 0.258. The molecule has 0 amide bonds. The van der Waals surface area contributed by atoms with Crippen molar-refractivity contribution in [1.29, 1.82) is 5.41 Å². The Hall–Kier alpha value is -2.10. The molecule has 1 heterocycles. The van der Waals surface area contributed by atoms with Gasteiger partial charge in [-0.15, -0.1) is 0 Å². The van der Waals surface area contributed by atoms with Crippen molar-refractivity contribution in [3.8, 4) is 0 Å². The van der Waals surface area contributed by atoms with E-state index in [0.717, 1.165) is 5.69 Å². The van der Waals surface area contributed by atoms with Gasteiger partial charge in [0, 0.05) is 12.6 Å². The van der Waals surface area contributed by atoms with Gasteiger partial charge in [0.1, 0.15) is 0 Å². The highest BCUT2D eigenvalue weighted by Crippen LogP contribution is 2.07. The summed E-state index contributed by atoms with van der Waals surface area (Å²) < 4.78 is 5.01. The number of benzene rings is 1. The Morgan fingerprint density at radius 3 is 2.76 bits per heavy atom. The second-order valence-electron chi connectivity index (χ2n) is 3.99. The average molecular weight is 229 g/mol. The molecule has 1 aromatic carbocycles. The average Bonchev–Trinajstić information content (AvgIpc) is 2.74. The van der Waals surface area contributed by atoms with Crippen LogP contribution in [-0.4, -0.2) is 11.0 Å². The molecular formula is C13H15N3O. The van der Waals surface area contributed by atoms with Crippen LogP contribution in [0.15, 0.2) is 34.9 Å². The molecule has 2 aromatic rings. The number of rotatable bonds is 3. The Labute approximate surface area is 100 Å². The van der Waals surface area contributed by atoms with Gasteiger partial charge in [0.15, 0.2) is 5.84 Å². The van der Waals surface area contributed by atoms with Crippen molar-refractivity contribution in [2.75, 3.05) is 0 Å². The van der Waals surface area contributed by atoms with Gasteiger partial charge in [-0.25, -0.2) is 0 Å². The predicted molar refractivity (Wildman–Crippen MR) is 66.1 cm³/mol. The molecule has 2 rings (SSSR count). The first-order valence-electron chi connectivity index (χ1n) is 5.47. The number of nitrogens with one attached hydrogen (secondary N) is 2. The number of hydrogen-bond acceptors (Lipinski definition) is 3. The molecule has 4 heteroatoms. The van der Waals surface area contributed by atoms with E-state index < -0.39 is 0 Å². The molecule has 2 N–H and O–H groups in total. The number of amidine groups is 1. The summed E-state index contributed by atoms with van der Waals surface area (Å²) in [6.07, 6.45) is 0. The molecule has 0 radical (unpaired) electrons. The summed E-state index contributed by atoms with van der Waals surface area (Å²) in [4.78, 5) is 0. The van der Waals surface area contributed by atoms with Crippen molar-refractivity contribution >= 4 is 5.84 Å². The van der Waals surface area contributed by atoms with E-state index in [1.54, 1.807) is 6.07 Å². The third-order valence-corrected chi connectivity index (χ3v) is 2.59. The predicted octanol–water partition coefficient (Wildman–Crippen LogP) is 2.41. The van der Waals surface area contributed by atoms with Crippen LogP contribution in [0.4, 0.5) is 0 Å². The summed E-state index contributed by atoms with van der Waals surface area (Å²) in [6, 6.07) is 9.84. The number of aryl methyl sites for hydroxylation is 2. The Bertz CT molecular complexity index is 531. The molecule has 0 aliphatic rings. The monoisotopic (exact) mass is 229 g/mol. The van der Waals surface area contributed by atoms with E-state index in [2.05, 4.69) is 23.5 Å². The van der Waals surface area contributed by atoms with E-state index in [-0.39, 0.29) is 5.84 Å². The van der Waals surface area contributed by atoms with Crippen LogP contribution in [0, 0.1) is 19.3 Å². The molecule has 0 saturated carbocycles. The quantitative estimate of drug-likeness (QED) is 0.627. The Morgan fingerprint density at radius 1 is 1.35 bits per heavy atom. The molecule has 17 heavy (non-hydrogen) atoms. The number of aromatic nitrogens is 1. The summed E-state index contributed by atoms with van der Waals surface area (Å²) in [5.74, 6) is 0.727. The SMILES string of the molecule is Cc1cc(C(=N)NCc2ccccc2C)on1. The van der Waals surface area contributed by atoms with Gasteiger partial charge in [0.2, 0.25) is 5.76 Å². The van der Waals surface area contributed by atoms with Crippen LogP contribution < -0.4 is 5.32 Å². The fourth-order valence-electron chi connectivity index (χ4n) is 1.56. The molecular weight excluding hydrogens is 214 g/mol. The number of nitrogens with zero attached hydrogens (tertiary/aromatic N) is 1. The van der Waals surface area contributed by atoms with Gasteiger partial charge in [0.05, 0.1) is 5.69 Å². The number of hydrogen-bond donors (Lipinski definition) is 2. The molecule has 0 aliphatic carbocycles. The standard InChI is InChI=1S/C13H15N3O/c1-9-5-3-4-6-11(9)8-15-13(14)12-7-10(2)16-17-12/h3-7H,8H2,1-2H3,(H2,14,15). The van der Waals surface area contributed by atoms with Crippen molar-refractivity contribution in [1.82, 2.24) is 10.5 Å². The van der Waals surface area contributed by atoms with Gasteiger partial charge in [-0.05, 0) is 25.0 Å². The van der Waals surface area contributed by atoms with Gasteiger partial charge in [-0.2, -0.15) is 0 Å². The van der Waals surface area contributed by atoms with Gasteiger partial charge >= 0.3 is 0 Å². The van der Waals surface area contributed by atoms with Gasteiger partial charge in [-0.3, -0.25) is 5.41 Å². The summed E-state index contributed by atoms with van der Waals surface area (Å²) in [5, 5.41) is 14.6. The van der Waals surface area contributed by atoms with Crippen molar-refractivity contribution in [3.63, 3.8) is 0 Å². The fraction of sp³-hybridized carbons (Fsp3) is 0.231. The Kier molecular flexibility index (Phi) is 3.23. The van der Waals surface area contributed by atoms with Gasteiger partial charge in [0.25, 0.3) is 0 Å². The first-order chi connectivity index (χ1) is 8.16. The van der Waals surface area contributed by atoms with Crippen LogP contribution in [0.2, 0.25) is 0 Å². The largest absolute Gasteiger partial charge is 0.363 e. The van der Waals surface area contributed by atoms with Crippen molar-refractivity contribution in [2.45, 2.75) is 20.4 Å². The van der Waals surface area contributed by atoms with Crippen LogP contribution >= 0.6 is 0 Å². The highest BCUT2D eigenvalue weighted by Gasteiger charge is 2.07. The van der Waals surface area contributed by atoms with Crippen molar-refractivity contribution < 1.29 is 4.52 Å². The van der Waals surface area contributed by atoms with Crippen LogP contribution in [-0.2, 0) is 6.54 Å². The summed E-state index contributed by atoms with van der Waals surface area (Å²) >= 11 is 0. The van der Waals surface area contributed by atoms with Crippen LogP contribution in [0.1, 0.15) is 22.6 Å². The zero-order valence-electron chi connectivity index (χ0n) is 9.95. The maximum Gasteiger partial charge on any atom is 0.201 e. The lowest BCUT2D eigenvalue weighted by Gasteiger charge is -2.07. The first kappa shape index (κ1) is 11.4. The minimum Gasteiger partial charge on any atom is -0.363 e. The van der Waals surface area contributed by atoms with E-state index in [4.69, 9.17) is 9.93 Å². The van der Waals surface area contributed by atoms with Gasteiger partial charge in [-0.1, -0.05) is 29.4 Å². The zero-order valence-corrected chi connectivity index (χ0v) is 9.95. The molecule has 1 aromatic heterocycles. The zero-order chi connectivity index (χ0) is 12.3. The third kappa shape index (κ3) is 2.72. The highest BCUT2D eigenvalue weighted by atomic mass is 16.5. The molecule has 0 fully saturated rings. The summed E-state index contributed by atoms with van der Waals surface area (Å²) in [6.45, 7) is 4.51. The maximum atomic E-state index is 7.82. The second-order valence-corrected chi connectivity index (χ2v) is 3.99. The van der Waals surface area contributed by atoms with Crippen LogP contribution in [0.3, 0.4) is 0 Å². The lowest BCUT2D eigenvalue weighted by atomic mass is 10.1. The molecule has 88 valence electrons. The first-order valence-corrected chi connectivity index (χ1v) is 5.47. The molecule has 0 saturated heterocycles. The Balaban J connectivity index is 1.99. The van der Waals surface area contributed by atoms with Gasteiger partial charge < -0.3 is 9.84 Å². The molecule has 0 bridgehead atoms. The van der Waals surface area contributed by atoms with Crippen LogP contribution in [0.25, 0.3) is 0 Å². The summed E-state index contributed by atoms with van der Waals surface area (Å²) in [7, 11) is 0. The summed E-state index contributed by atoms with van der Waals surface area (Å²) in [5.41, 5.74) is 3.16. The van der Waals surface area contributed by atoms with E-state index in [1.807, 2.05) is 25.1 Å². The molecule has 0 aliphatic heterocycles. The Morgan fingerprint density at radius 2 is 2.12 bits per heavy atom. The maximum absolute atomic E-state index is 7.82.